The predicted molar refractivity (Wildman–Crippen MR) is 58.2 cm³/mol. The Labute approximate surface area is 93.1 Å². The van der Waals surface area contributed by atoms with Crippen LogP contribution in [0.2, 0.25) is 0 Å². The lowest BCUT2D eigenvalue weighted by Gasteiger charge is -2.11. The van der Waals surface area contributed by atoms with E-state index in [1.807, 2.05) is 0 Å². The van der Waals surface area contributed by atoms with Crippen molar-refractivity contribution < 1.29 is 13.6 Å². The van der Waals surface area contributed by atoms with Gasteiger partial charge in [-0.05, 0) is 12.1 Å². The van der Waals surface area contributed by atoms with E-state index < -0.39 is 11.6 Å². The second-order valence-electron chi connectivity index (χ2n) is 3.59. The molecule has 1 aromatic carbocycles. The van der Waals surface area contributed by atoms with E-state index in [-0.39, 0.29) is 18.0 Å². The van der Waals surface area contributed by atoms with Crippen molar-refractivity contribution in [3.05, 3.63) is 29.8 Å². The van der Waals surface area contributed by atoms with Crippen LogP contribution in [0.1, 0.15) is 6.42 Å². The quantitative estimate of drug-likeness (QED) is 0.853. The number of hydrogen-bond acceptors (Lipinski definition) is 2. The topological polar surface area (TPSA) is 32.3 Å². The Bertz CT molecular complexity index is 380. The summed E-state index contributed by atoms with van der Waals surface area (Å²) in [6.45, 7) is 0.319. The van der Waals surface area contributed by atoms with Crippen molar-refractivity contribution in [3.8, 4) is 0 Å². The van der Waals surface area contributed by atoms with Crippen LogP contribution in [-0.2, 0) is 4.79 Å². The lowest BCUT2D eigenvalue weighted by atomic mass is 10.3. The normalized spacial score (nSPS) is 10.0. The summed E-state index contributed by atoms with van der Waals surface area (Å²) in [4.78, 5) is 12.7. The van der Waals surface area contributed by atoms with Crippen molar-refractivity contribution >= 4 is 11.6 Å². The van der Waals surface area contributed by atoms with E-state index in [9.17, 15) is 13.6 Å². The molecule has 0 spiro atoms. The van der Waals surface area contributed by atoms with Crippen LogP contribution in [0.5, 0.6) is 0 Å². The Morgan fingerprint density at radius 1 is 1.38 bits per heavy atom. The fourth-order valence-electron chi connectivity index (χ4n) is 1.16. The van der Waals surface area contributed by atoms with Gasteiger partial charge in [0.1, 0.15) is 11.6 Å². The molecular formula is C11H14F2N2O. The molecule has 0 atom stereocenters. The third-order valence-corrected chi connectivity index (χ3v) is 2.08. The number of benzene rings is 1. The number of carbonyl (C=O) groups excluding carboxylic acids is 1. The molecule has 5 heteroatoms. The van der Waals surface area contributed by atoms with E-state index in [0.29, 0.717) is 6.54 Å². The van der Waals surface area contributed by atoms with Crippen LogP contribution < -0.4 is 5.32 Å². The summed E-state index contributed by atoms with van der Waals surface area (Å²) < 4.78 is 25.7. The highest BCUT2D eigenvalue weighted by atomic mass is 19.1. The third kappa shape index (κ3) is 3.49. The molecule has 0 radical (unpaired) electrons. The van der Waals surface area contributed by atoms with Gasteiger partial charge in [-0.15, -0.1) is 0 Å². The summed E-state index contributed by atoms with van der Waals surface area (Å²) in [5, 5.41) is 2.74. The van der Waals surface area contributed by atoms with Crippen LogP contribution in [0.15, 0.2) is 18.2 Å². The first-order valence-electron chi connectivity index (χ1n) is 4.90. The van der Waals surface area contributed by atoms with E-state index in [1.165, 1.54) is 17.0 Å². The summed E-state index contributed by atoms with van der Waals surface area (Å²) in [7, 11) is 3.31. The van der Waals surface area contributed by atoms with E-state index in [0.717, 1.165) is 6.07 Å². The van der Waals surface area contributed by atoms with Crippen molar-refractivity contribution in [2.75, 3.05) is 26.0 Å². The van der Waals surface area contributed by atoms with Crippen molar-refractivity contribution in [3.63, 3.8) is 0 Å². The van der Waals surface area contributed by atoms with Gasteiger partial charge in [-0.2, -0.15) is 0 Å². The molecule has 1 rings (SSSR count). The number of halogens is 2. The molecule has 3 nitrogen and oxygen atoms in total. The molecule has 1 aromatic rings. The standard InChI is InChI=1S/C11H14F2N2O/c1-15(2)11(16)5-6-14-10-4-3-8(12)7-9(10)13/h3-4,7,14H,5-6H2,1-2H3. The molecule has 0 saturated carbocycles. The number of nitrogens with one attached hydrogen (secondary N) is 1. The third-order valence-electron chi connectivity index (χ3n) is 2.08. The molecule has 88 valence electrons. The number of amides is 1. The van der Waals surface area contributed by atoms with Crippen LogP contribution in [-0.4, -0.2) is 31.4 Å². The highest BCUT2D eigenvalue weighted by molar-refractivity contribution is 5.76. The number of rotatable bonds is 4. The average Bonchev–Trinajstić information content (AvgIpc) is 2.20. The zero-order valence-electron chi connectivity index (χ0n) is 9.26. The first-order chi connectivity index (χ1) is 7.50. The molecule has 0 aliphatic rings. The van der Waals surface area contributed by atoms with Crippen molar-refractivity contribution in [2.24, 2.45) is 0 Å². The van der Waals surface area contributed by atoms with Gasteiger partial charge in [0.2, 0.25) is 5.91 Å². The maximum absolute atomic E-state index is 13.1. The lowest BCUT2D eigenvalue weighted by Crippen LogP contribution is -2.24. The molecule has 0 unspecified atom stereocenters. The van der Waals surface area contributed by atoms with Gasteiger partial charge < -0.3 is 10.2 Å². The van der Waals surface area contributed by atoms with Gasteiger partial charge in [-0.25, -0.2) is 8.78 Å². The summed E-state index contributed by atoms with van der Waals surface area (Å²) in [6, 6.07) is 3.28. The smallest absolute Gasteiger partial charge is 0.223 e. The molecule has 0 aliphatic heterocycles. The number of nitrogens with zero attached hydrogens (tertiary/aromatic N) is 1. The van der Waals surface area contributed by atoms with Crippen LogP contribution in [0.4, 0.5) is 14.5 Å². The van der Waals surface area contributed by atoms with Crippen LogP contribution in [0, 0.1) is 11.6 Å². The molecule has 16 heavy (non-hydrogen) atoms. The summed E-state index contributed by atoms with van der Waals surface area (Å²) in [6.07, 6.45) is 0.268. The molecule has 0 saturated heterocycles. The average molecular weight is 228 g/mol. The molecule has 0 aliphatic carbocycles. The van der Waals surface area contributed by atoms with Crippen LogP contribution >= 0.6 is 0 Å². The molecule has 0 heterocycles. The highest BCUT2D eigenvalue weighted by Crippen LogP contribution is 2.14. The van der Waals surface area contributed by atoms with Crippen molar-refractivity contribution in [1.29, 1.82) is 0 Å². The Balaban J connectivity index is 2.46. The second-order valence-corrected chi connectivity index (χ2v) is 3.59. The summed E-state index contributed by atoms with van der Waals surface area (Å²) in [5.41, 5.74) is 0.202. The molecular weight excluding hydrogens is 214 g/mol. The Morgan fingerprint density at radius 3 is 2.62 bits per heavy atom. The first-order valence-corrected chi connectivity index (χ1v) is 4.90. The molecule has 1 N–H and O–H groups in total. The molecule has 1 amide bonds. The van der Waals surface area contributed by atoms with Gasteiger partial charge in [-0.3, -0.25) is 4.79 Å². The minimum atomic E-state index is -0.655. The molecule has 0 aromatic heterocycles. The SMILES string of the molecule is CN(C)C(=O)CCNc1ccc(F)cc1F. The zero-order valence-corrected chi connectivity index (χ0v) is 9.26. The highest BCUT2D eigenvalue weighted by Gasteiger charge is 2.05. The minimum absolute atomic E-state index is 0.0463. The second kappa shape index (κ2) is 5.44. The van der Waals surface area contributed by atoms with Crippen LogP contribution in [0.25, 0.3) is 0 Å². The minimum Gasteiger partial charge on any atom is -0.382 e. The summed E-state index contributed by atoms with van der Waals surface area (Å²) >= 11 is 0. The fraction of sp³-hybridized carbons (Fsp3) is 0.364. The fourth-order valence-corrected chi connectivity index (χ4v) is 1.16. The van der Waals surface area contributed by atoms with Gasteiger partial charge in [0.05, 0.1) is 5.69 Å². The van der Waals surface area contributed by atoms with Gasteiger partial charge in [0, 0.05) is 33.1 Å². The lowest BCUT2D eigenvalue weighted by molar-refractivity contribution is -0.128. The first kappa shape index (κ1) is 12.4. The Kier molecular flexibility index (Phi) is 4.22. The Morgan fingerprint density at radius 2 is 2.06 bits per heavy atom. The summed E-state index contributed by atoms with van der Waals surface area (Å²) in [5.74, 6) is -1.32. The Hall–Kier alpha value is -1.65. The molecule has 0 bridgehead atoms. The van der Waals surface area contributed by atoms with Crippen LogP contribution in [0.3, 0.4) is 0 Å². The van der Waals surface area contributed by atoms with Gasteiger partial charge in [0.15, 0.2) is 0 Å². The van der Waals surface area contributed by atoms with E-state index in [2.05, 4.69) is 5.32 Å². The van der Waals surface area contributed by atoms with Gasteiger partial charge in [0.25, 0.3) is 0 Å². The van der Waals surface area contributed by atoms with E-state index >= 15 is 0 Å². The van der Waals surface area contributed by atoms with E-state index in [1.54, 1.807) is 14.1 Å². The zero-order chi connectivity index (χ0) is 12.1. The number of hydrogen-bond donors (Lipinski definition) is 1. The van der Waals surface area contributed by atoms with Gasteiger partial charge in [-0.1, -0.05) is 0 Å². The van der Waals surface area contributed by atoms with Crippen molar-refractivity contribution in [2.45, 2.75) is 6.42 Å². The van der Waals surface area contributed by atoms with Crippen molar-refractivity contribution in [1.82, 2.24) is 4.90 Å². The predicted octanol–water partition coefficient (Wildman–Crippen LogP) is 1.85. The van der Waals surface area contributed by atoms with E-state index in [4.69, 9.17) is 0 Å². The van der Waals surface area contributed by atoms with Gasteiger partial charge >= 0.3 is 0 Å². The monoisotopic (exact) mass is 228 g/mol. The number of carbonyl (C=O) groups is 1. The molecule has 0 fully saturated rings. The maximum atomic E-state index is 13.1. The largest absolute Gasteiger partial charge is 0.382 e. The maximum Gasteiger partial charge on any atom is 0.223 e. The number of anilines is 1.